The second-order valence-electron chi connectivity index (χ2n) is 4.47. The third-order valence-corrected chi connectivity index (χ3v) is 3.08. The van der Waals surface area contributed by atoms with Gasteiger partial charge in [-0.15, -0.1) is 13.2 Å². The van der Waals surface area contributed by atoms with Gasteiger partial charge in [-0.25, -0.2) is 0 Å². The summed E-state index contributed by atoms with van der Waals surface area (Å²) in [7, 11) is 0. The molecule has 1 aliphatic rings. The number of nitrogens with zero attached hydrogens (tertiary/aromatic N) is 1. The van der Waals surface area contributed by atoms with Gasteiger partial charge in [-0.3, -0.25) is 4.98 Å². The number of pyridine rings is 1. The smallest absolute Gasteiger partial charge is 0.0861 e. The summed E-state index contributed by atoms with van der Waals surface area (Å²) in [6, 6.07) is 5.92. The molecule has 92 valence electrons. The van der Waals surface area contributed by atoms with Crippen LogP contribution in [-0.4, -0.2) is 4.98 Å². The van der Waals surface area contributed by atoms with E-state index >= 15 is 0 Å². The summed E-state index contributed by atoms with van der Waals surface area (Å²) in [6.07, 6.45) is 13.9. The molecular weight excluding hydrogens is 220 g/mol. The SMILES string of the molecule is C=CCC1(CC=C)C=CNC(c2ccccn2)=C1. The normalized spacial score (nSPS) is 16.6. The van der Waals surface area contributed by atoms with E-state index in [1.165, 1.54) is 0 Å². The Hall–Kier alpha value is -2.09. The molecule has 0 fully saturated rings. The van der Waals surface area contributed by atoms with Crippen LogP contribution in [0.5, 0.6) is 0 Å². The summed E-state index contributed by atoms with van der Waals surface area (Å²) in [4.78, 5) is 4.37. The van der Waals surface area contributed by atoms with Gasteiger partial charge in [0.15, 0.2) is 0 Å². The number of hydrogen-bond donors (Lipinski definition) is 1. The fourth-order valence-electron chi connectivity index (χ4n) is 2.22. The molecule has 1 aromatic heterocycles. The fourth-order valence-corrected chi connectivity index (χ4v) is 2.22. The van der Waals surface area contributed by atoms with Crippen LogP contribution in [0.1, 0.15) is 18.5 Å². The van der Waals surface area contributed by atoms with Crippen LogP contribution in [0.25, 0.3) is 5.70 Å². The molecule has 2 heteroatoms. The van der Waals surface area contributed by atoms with Gasteiger partial charge in [0, 0.05) is 11.6 Å². The minimum atomic E-state index is -0.0262. The van der Waals surface area contributed by atoms with Crippen LogP contribution in [-0.2, 0) is 0 Å². The van der Waals surface area contributed by atoms with Crippen molar-refractivity contribution in [3.8, 4) is 0 Å². The predicted octanol–water partition coefficient (Wildman–Crippen LogP) is 3.68. The van der Waals surface area contributed by atoms with E-state index in [4.69, 9.17) is 0 Å². The molecule has 2 nitrogen and oxygen atoms in total. The summed E-state index contributed by atoms with van der Waals surface area (Å²) in [5.41, 5.74) is 1.97. The molecule has 0 aliphatic carbocycles. The topological polar surface area (TPSA) is 24.9 Å². The molecule has 0 aromatic carbocycles. The number of nitrogens with one attached hydrogen (secondary N) is 1. The Kier molecular flexibility index (Phi) is 3.78. The Morgan fingerprint density at radius 3 is 2.61 bits per heavy atom. The van der Waals surface area contributed by atoms with Gasteiger partial charge < -0.3 is 5.32 Å². The largest absolute Gasteiger partial charge is 0.360 e. The Labute approximate surface area is 108 Å². The van der Waals surface area contributed by atoms with Crippen molar-refractivity contribution in [3.63, 3.8) is 0 Å². The van der Waals surface area contributed by atoms with Crippen molar-refractivity contribution in [2.24, 2.45) is 5.41 Å². The van der Waals surface area contributed by atoms with Gasteiger partial charge in [-0.1, -0.05) is 24.3 Å². The molecule has 1 aliphatic heterocycles. The second kappa shape index (κ2) is 5.50. The van der Waals surface area contributed by atoms with E-state index in [1.807, 2.05) is 36.6 Å². The summed E-state index contributed by atoms with van der Waals surface area (Å²) in [6.45, 7) is 7.69. The van der Waals surface area contributed by atoms with E-state index in [2.05, 4.69) is 35.6 Å². The zero-order valence-corrected chi connectivity index (χ0v) is 10.5. The molecule has 2 heterocycles. The number of hydrogen-bond acceptors (Lipinski definition) is 2. The van der Waals surface area contributed by atoms with E-state index in [9.17, 15) is 0 Å². The fraction of sp³-hybridized carbons (Fsp3) is 0.188. The lowest BCUT2D eigenvalue weighted by molar-refractivity contribution is 0.500. The first kappa shape index (κ1) is 12.4. The first-order valence-corrected chi connectivity index (χ1v) is 6.10. The van der Waals surface area contributed by atoms with Gasteiger partial charge in [0.05, 0.1) is 11.4 Å². The van der Waals surface area contributed by atoms with Crippen molar-refractivity contribution >= 4 is 5.70 Å². The number of aromatic nitrogens is 1. The third-order valence-electron chi connectivity index (χ3n) is 3.08. The van der Waals surface area contributed by atoms with Gasteiger partial charge in [0.1, 0.15) is 0 Å². The predicted molar refractivity (Wildman–Crippen MR) is 76.6 cm³/mol. The van der Waals surface area contributed by atoms with Crippen molar-refractivity contribution in [2.45, 2.75) is 12.8 Å². The highest BCUT2D eigenvalue weighted by molar-refractivity contribution is 5.64. The number of dihydropyridines is 1. The molecule has 2 rings (SSSR count). The summed E-state index contributed by atoms with van der Waals surface area (Å²) in [5, 5.41) is 3.26. The maximum Gasteiger partial charge on any atom is 0.0861 e. The number of rotatable bonds is 5. The van der Waals surface area contributed by atoms with Crippen LogP contribution < -0.4 is 5.32 Å². The zero-order chi connectivity index (χ0) is 12.8. The highest BCUT2D eigenvalue weighted by atomic mass is 14.9. The highest BCUT2D eigenvalue weighted by Gasteiger charge is 2.25. The molecule has 0 spiro atoms. The van der Waals surface area contributed by atoms with Crippen LogP contribution in [0.2, 0.25) is 0 Å². The molecule has 1 aromatic rings. The Balaban J connectivity index is 2.35. The van der Waals surface area contributed by atoms with Crippen LogP contribution >= 0.6 is 0 Å². The van der Waals surface area contributed by atoms with Gasteiger partial charge in [-0.05, 0) is 37.3 Å². The standard InChI is InChI=1S/C16H18N2/c1-3-8-16(9-4-2)10-12-18-15(13-16)14-7-5-6-11-17-14/h3-7,10-13,18H,1-2,8-9H2. The molecule has 0 amide bonds. The molecule has 1 N–H and O–H groups in total. The second-order valence-corrected chi connectivity index (χ2v) is 4.47. The van der Waals surface area contributed by atoms with E-state index in [1.54, 1.807) is 6.20 Å². The van der Waals surface area contributed by atoms with Gasteiger partial charge in [0.25, 0.3) is 0 Å². The quantitative estimate of drug-likeness (QED) is 0.791. The monoisotopic (exact) mass is 238 g/mol. The van der Waals surface area contributed by atoms with Crippen LogP contribution in [0, 0.1) is 5.41 Å². The molecule has 18 heavy (non-hydrogen) atoms. The average molecular weight is 238 g/mol. The first-order chi connectivity index (χ1) is 8.79. The van der Waals surface area contributed by atoms with E-state index < -0.39 is 0 Å². The molecule has 0 saturated carbocycles. The summed E-state index contributed by atoms with van der Waals surface area (Å²) in [5.74, 6) is 0. The molecule has 0 bridgehead atoms. The van der Waals surface area contributed by atoms with Crippen LogP contribution in [0.3, 0.4) is 0 Å². The molecular formula is C16H18N2. The molecule has 0 atom stereocenters. The first-order valence-electron chi connectivity index (χ1n) is 6.10. The van der Waals surface area contributed by atoms with Crippen LogP contribution in [0.4, 0.5) is 0 Å². The Bertz CT molecular complexity index is 473. The lowest BCUT2D eigenvalue weighted by Crippen LogP contribution is -2.22. The lowest BCUT2D eigenvalue weighted by Gasteiger charge is -2.29. The maximum absolute atomic E-state index is 4.37. The van der Waals surface area contributed by atoms with Gasteiger partial charge in [-0.2, -0.15) is 0 Å². The molecule has 0 radical (unpaired) electrons. The number of allylic oxidation sites excluding steroid dienone is 4. The van der Waals surface area contributed by atoms with Crippen LogP contribution in [0.15, 0.2) is 68.1 Å². The lowest BCUT2D eigenvalue weighted by atomic mass is 9.79. The van der Waals surface area contributed by atoms with Crippen molar-refractivity contribution in [3.05, 3.63) is 73.8 Å². The average Bonchev–Trinajstić information content (AvgIpc) is 2.40. The van der Waals surface area contributed by atoms with Crippen molar-refractivity contribution < 1.29 is 0 Å². The third kappa shape index (κ3) is 2.59. The van der Waals surface area contributed by atoms with Crippen molar-refractivity contribution in [1.82, 2.24) is 10.3 Å². The van der Waals surface area contributed by atoms with E-state index in [0.29, 0.717) is 0 Å². The van der Waals surface area contributed by atoms with E-state index in [0.717, 1.165) is 24.2 Å². The van der Waals surface area contributed by atoms with Crippen molar-refractivity contribution in [2.75, 3.05) is 0 Å². The van der Waals surface area contributed by atoms with Gasteiger partial charge >= 0.3 is 0 Å². The minimum Gasteiger partial charge on any atom is -0.360 e. The van der Waals surface area contributed by atoms with Gasteiger partial charge in [0.2, 0.25) is 0 Å². The molecule has 0 saturated heterocycles. The summed E-state index contributed by atoms with van der Waals surface area (Å²) >= 11 is 0. The minimum absolute atomic E-state index is 0.0262. The van der Waals surface area contributed by atoms with Crippen molar-refractivity contribution in [1.29, 1.82) is 0 Å². The Morgan fingerprint density at radius 1 is 1.22 bits per heavy atom. The zero-order valence-electron chi connectivity index (χ0n) is 10.5. The van der Waals surface area contributed by atoms with E-state index in [-0.39, 0.29) is 5.41 Å². The highest BCUT2D eigenvalue weighted by Crippen LogP contribution is 2.35. The maximum atomic E-state index is 4.37. The summed E-state index contributed by atoms with van der Waals surface area (Å²) < 4.78 is 0. The molecule has 0 unspecified atom stereocenters. The Morgan fingerprint density at radius 2 is 2.00 bits per heavy atom.